The van der Waals surface area contributed by atoms with Gasteiger partial charge in [-0.05, 0) is 41.5 Å². The molecule has 2 heterocycles. The van der Waals surface area contributed by atoms with Gasteiger partial charge in [0, 0.05) is 12.1 Å². The summed E-state index contributed by atoms with van der Waals surface area (Å²) in [5.74, 6) is -0.747. The van der Waals surface area contributed by atoms with Gasteiger partial charge in [-0.2, -0.15) is 0 Å². The average Bonchev–Trinajstić information content (AvgIpc) is 3.12. The average molecular weight is 322 g/mol. The fourth-order valence-electron chi connectivity index (χ4n) is 1.80. The van der Waals surface area contributed by atoms with Crippen molar-refractivity contribution in [2.24, 2.45) is 0 Å². The number of nitrogens with zero attached hydrogens (tertiary/aromatic N) is 6. The van der Waals surface area contributed by atoms with Crippen molar-refractivity contribution < 1.29 is 9.47 Å². The van der Waals surface area contributed by atoms with Crippen molar-refractivity contribution >= 4 is 0 Å². The molecule has 0 spiro atoms. The molecule has 0 aliphatic carbocycles. The first-order chi connectivity index (χ1) is 10.8. The van der Waals surface area contributed by atoms with Crippen LogP contribution in [0.2, 0.25) is 0 Å². The molecule has 0 bridgehead atoms. The maximum absolute atomic E-state index is 5.79. The lowest BCUT2D eigenvalue weighted by Crippen LogP contribution is -2.28. The number of aromatic nitrogens is 6. The number of ether oxygens (including phenoxy) is 2. The maximum Gasteiger partial charge on any atom is 0.163 e. The molecular formula is C15H26N6O2. The predicted octanol–water partition coefficient (Wildman–Crippen LogP) is 2.50. The quantitative estimate of drug-likeness (QED) is 0.695. The van der Waals surface area contributed by atoms with Crippen LogP contribution >= 0.6 is 0 Å². The van der Waals surface area contributed by atoms with E-state index in [4.69, 9.17) is 9.47 Å². The molecule has 2 aromatic rings. The lowest BCUT2D eigenvalue weighted by Gasteiger charge is -2.24. The van der Waals surface area contributed by atoms with Crippen LogP contribution in [0.3, 0.4) is 0 Å². The Morgan fingerprint density at radius 2 is 1.26 bits per heavy atom. The second-order valence-electron chi connectivity index (χ2n) is 6.54. The summed E-state index contributed by atoms with van der Waals surface area (Å²) in [5.41, 5.74) is 1.56. The minimum Gasteiger partial charge on any atom is -0.344 e. The van der Waals surface area contributed by atoms with E-state index < -0.39 is 5.79 Å². The third kappa shape index (κ3) is 5.11. The van der Waals surface area contributed by atoms with E-state index in [-0.39, 0.29) is 12.1 Å². The van der Waals surface area contributed by atoms with E-state index in [1.807, 2.05) is 26.2 Å². The van der Waals surface area contributed by atoms with Gasteiger partial charge in [0.15, 0.2) is 5.79 Å². The van der Waals surface area contributed by atoms with Gasteiger partial charge < -0.3 is 9.47 Å². The normalized spacial score (nSPS) is 12.5. The van der Waals surface area contributed by atoms with Crippen LogP contribution in [-0.4, -0.2) is 35.8 Å². The second kappa shape index (κ2) is 7.18. The number of rotatable bonds is 8. The van der Waals surface area contributed by atoms with Crippen molar-refractivity contribution in [3.63, 3.8) is 0 Å². The molecule has 0 aliphatic rings. The largest absolute Gasteiger partial charge is 0.344 e. The molecule has 0 N–H and O–H groups in total. The fourth-order valence-corrected chi connectivity index (χ4v) is 1.80. The molecule has 0 fully saturated rings. The summed E-state index contributed by atoms with van der Waals surface area (Å²) in [7, 11) is 0. The van der Waals surface area contributed by atoms with E-state index >= 15 is 0 Å². The van der Waals surface area contributed by atoms with Crippen LogP contribution in [0.1, 0.15) is 65.0 Å². The zero-order valence-corrected chi connectivity index (χ0v) is 14.7. The van der Waals surface area contributed by atoms with Gasteiger partial charge in [0.25, 0.3) is 0 Å². The second-order valence-corrected chi connectivity index (χ2v) is 6.54. The van der Waals surface area contributed by atoms with E-state index in [0.717, 1.165) is 11.4 Å². The molecule has 0 atom stereocenters. The predicted molar refractivity (Wildman–Crippen MR) is 84.5 cm³/mol. The number of hydrogen-bond acceptors (Lipinski definition) is 6. The Labute approximate surface area is 136 Å². The molecule has 0 saturated heterocycles. The SMILES string of the molecule is CC(C)n1cc(COC(C)(C)OCc2cn(C(C)C)nn2)nn1. The molecule has 0 aliphatic heterocycles. The highest BCUT2D eigenvalue weighted by molar-refractivity contribution is 4.92. The van der Waals surface area contributed by atoms with Crippen LogP contribution in [0.15, 0.2) is 12.4 Å². The maximum atomic E-state index is 5.79. The molecule has 0 amide bonds. The first-order valence-electron chi connectivity index (χ1n) is 7.86. The highest BCUT2D eigenvalue weighted by Crippen LogP contribution is 2.16. The van der Waals surface area contributed by atoms with Gasteiger partial charge in [-0.3, -0.25) is 0 Å². The van der Waals surface area contributed by atoms with Crippen LogP contribution in [0.25, 0.3) is 0 Å². The van der Waals surface area contributed by atoms with E-state index in [1.54, 1.807) is 9.36 Å². The molecule has 8 heteroatoms. The van der Waals surface area contributed by atoms with Crippen LogP contribution in [0, 0.1) is 0 Å². The standard InChI is InChI=1S/C15H26N6O2/c1-11(2)20-7-13(16-18-20)9-22-15(5,6)23-10-14-8-21(12(3)4)19-17-14/h7-8,11-12H,9-10H2,1-6H3. The molecule has 0 aromatic carbocycles. The number of hydrogen-bond donors (Lipinski definition) is 0. The Morgan fingerprint density at radius 3 is 1.57 bits per heavy atom. The van der Waals surface area contributed by atoms with Crippen LogP contribution in [-0.2, 0) is 22.7 Å². The smallest absolute Gasteiger partial charge is 0.163 e. The van der Waals surface area contributed by atoms with Crippen LogP contribution in [0.4, 0.5) is 0 Å². The summed E-state index contributed by atoms with van der Waals surface area (Å²) >= 11 is 0. The molecule has 2 aromatic heterocycles. The zero-order valence-electron chi connectivity index (χ0n) is 14.7. The molecule has 2 rings (SSSR count). The monoisotopic (exact) mass is 322 g/mol. The van der Waals surface area contributed by atoms with Crippen molar-refractivity contribution in [2.75, 3.05) is 0 Å². The fraction of sp³-hybridized carbons (Fsp3) is 0.733. The van der Waals surface area contributed by atoms with Crippen LogP contribution in [0.5, 0.6) is 0 Å². The first-order valence-corrected chi connectivity index (χ1v) is 7.86. The van der Waals surface area contributed by atoms with E-state index in [1.165, 1.54) is 0 Å². The molecule has 0 unspecified atom stereocenters. The molecule has 8 nitrogen and oxygen atoms in total. The summed E-state index contributed by atoms with van der Waals surface area (Å²) in [4.78, 5) is 0. The minimum absolute atomic E-state index is 0.282. The Bertz CT molecular complexity index is 565. The van der Waals surface area contributed by atoms with E-state index in [9.17, 15) is 0 Å². The third-order valence-corrected chi connectivity index (χ3v) is 3.31. The lowest BCUT2D eigenvalue weighted by molar-refractivity contribution is -0.227. The van der Waals surface area contributed by atoms with Gasteiger partial charge in [-0.25, -0.2) is 9.36 Å². The van der Waals surface area contributed by atoms with Gasteiger partial charge >= 0.3 is 0 Å². The molecule has 0 radical (unpaired) electrons. The highest BCUT2D eigenvalue weighted by Gasteiger charge is 2.21. The van der Waals surface area contributed by atoms with Gasteiger partial charge in [0.05, 0.1) is 25.6 Å². The van der Waals surface area contributed by atoms with Gasteiger partial charge in [0.2, 0.25) is 0 Å². The lowest BCUT2D eigenvalue weighted by atomic mass is 10.3. The molecular weight excluding hydrogens is 296 g/mol. The van der Waals surface area contributed by atoms with Crippen LogP contribution < -0.4 is 0 Å². The summed E-state index contributed by atoms with van der Waals surface area (Å²) < 4.78 is 15.2. The molecule has 0 saturated carbocycles. The molecule has 23 heavy (non-hydrogen) atoms. The minimum atomic E-state index is -0.747. The van der Waals surface area contributed by atoms with E-state index in [2.05, 4.69) is 48.3 Å². The first kappa shape index (κ1) is 17.6. The topological polar surface area (TPSA) is 79.9 Å². The Hall–Kier alpha value is -1.80. The summed E-state index contributed by atoms with van der Waals surface area (Å²) in [6.45, 7) is 12.6. The van der Waals surface area contributed by atoms with Crippen molar-refractivity contribution in [3.05, 3.63) is 23.8 Å². The summed E-state index contributed by atoms with van der Waals surface area (Å²) in [6.07, 6.45) is 3.77. The Balaban J connectivity index is 1.83. The van der Waals surface area contributed by atoms with Crippen molar-refractivity contribution in [1.29, 1.82) is 0 Å². The van der Waals surface area contributed by atoms with Gasteiger partial charge in [-0.1, -0.05) is 10.4 Å². The summed E-state index contributed by atoms with van der Waals surface area (Å²) in [6, 6.07) is 0.563. The van der Waals surface area contributed by atoms with Gasteiger partial charge in [-0.15, -0.1) is 10.2 Å². The highest BCUT2D eigenvalue weighted by atomic mass is 16.7. The van der Waals surface area contributed by atoms with E-state index in [0.29, 0.717) is 13.2 Å². The van der Waals surface area contributed by atoms with Crippen molar-refractivity contribution in [1.82, 2.24) is 30.0 Å². The summed E-state index contributed by atoms with van der Waals surface area (Å²) in [5, 5.41) is 16.3. The Kier molecular flexibility index (Phi) is 5.48. The molecule has 128 valence electrons. The van der Waals surface area contributed by atoms with Gasteiger partial charge in [0.1, 0.15) is 11.4 Å². The third-order valence-electron chi connectivity index (χ3n) is 3.31. The van der Waals surface area contributed by atoms with Crippen molar-refractivity contribution in [3.8, 4) is 0 Å². The zero-order chi connectivity index (χ0) is 17.0. The Morgan fingerprint density at radius 1 is 0.870 bits per heavy atom. The van der Waals surface area contributed by atoms with Crippen molar-refractivity contribution in [2.45, 2.75) is 72.6 Å².